The van der Waals surface area contributed by atoms with Gasteiger partial charge in [-0.2, -0.15) is 0 Å². The number of hydrogen-bond donors (Lipinski definition) is 2. The summed E-state index contributed by atoms with van der Waals surface area (Å²) in [6.07, 6.45) is 0.373. The van der Waals surface area contributed by atoms with Gasteiger partial charge in [0.25, 0.3) is 0 Å². The lowest BCUT2D eigenvalue weighted by Crippen LogP contribution is -2.37. The fourth-order valence-electron chi connectivity index (χ4n) is 3.90. The van der Waals surface area contributed by atoms with Crippen molar-refractivity contribution in [3.05, 3.63) is 59.7 Å². The second kappa shape index (κ2) is 15.9. The molecule has 2 rings (SSSR count). The number of nitrogens with zero attached hydrogens (tertiary/aromatic N) is 1. The largest absolute Gasteiger partial charge is 0.573 e. The van der Waals surface area contributed by atoms with Crippen LogP contribution < -0.4 is 10.1 Å². The molecule has 0 spiro atoms. The molecule has 0 saturated heterocycles. The Labute approximate surface area is 221 Å². The Morgan fingerprint density at radius 2 is 1.55 bits per heavy atom. The van der Waals surface area contributed by atoms with E-state index in [2.05, 4.69) is 17.0 Å². The summed E-state index contributed by atoms with van der Waals surface area (Å²) in [6, 6.07) is 12.3. The first kappa shape index (κ1) is 31.0. The molecule has 0 fully saturated rings. The number of ether oxygens (including phenoxy) is 2. The number of benzene rings is 2. The van der Waals surface area contributed by atoms with E-state index in [1.165, 1.54) is 12.1 Å². The number of amides is 2. The Morgan fingerprint density at radius 1 is 0.921 bits per heavy atom. The van der Waals surface area contributed by atoms with Crippen molar-refractivity contribution in [3.8, 4) is 5.75 Å². The zero-order valence-corrected chi connectivity index (χ0v) is 21.9. The van der Waals surface area contributed by atoms with Crippen molar-refractivity contribution in [3.63, 3.8) is 0 Å². The van der Waals surface area contributed by atoms with Gasteiger partial charge in [-0.25, -0.2) is 9.59 Å². The predicted molar refractivity (Wildman–Crippen MR) is 139 cm³/mol. The number of carbonyl (C=O) groups excluding carboxylic acids is 1. The highest BCUT2D eigenvalue weighted by Gasteiger charge is 2.31. The number of alkyl halides is 3. The minimum Gasteiger partial charge on any atom is -0.479 e. The van der Waals surface area contributed by atoms with E-state index in [-0.39, 0.29) is 18.2 Å². The van der Waals surface area contributed by atoms with Crippen LogP contribution in [0.5, 0.6) is 5.75 Å². The van der Waals surface area contributed by atoms with Crippen LogP contribution in [0.1, 0.15) is 57.1 Å². The van der Waals surface area contributed by atoms with Crippen molar-refractivity contribution in [2.45, 2.75) is 71.3 Å². The molecular formula is C28H37F3N2O5. The molecule has 7 nitrogen and oxygen atoms in total. The van der Waals surface area contributed by atoms with E-state index in [0.29, 0.717) is 31.8 Å². The van der Waals surface area contributed by atoms with Crippen LogP contribution in [0.2, 0.25) is 0 Å². The molecule has 0 saturated carbocycles. The summed E-state index contributed by atoms with van der Waals surface area (Å²) in [6.45, 7) is 5.20. The van der Waals surface area contributed by atoms with Crippen LogP contribution in [0.25, 0.3) is 0 Å². The normalized spacial score (nSPS) is 12.1. The van der Waals surface area contributed by atoms with Crippen LogP contribution in [0, 0.1) is 0 Å². The molecule has 0 aromatic heterocycles. The lowest BCUT2D eigenvalue weighted by molar-refractivity contribution is -0.274. The maximum atomic E-state index is 13.0. The number of nitrogens with one attached hydrogen (secondary N) is 1. The van der Waals surface area contributed by atoms with Gasteiger partial charge in [-0.15, -0.1) is 13.2 Å². The molecule has 10 heteroatoms. The third-order valence-corrected chi connectivity index (χ3v) is 5.92. The first-order valence-electron chi connectivity index (χ1n) is 12.9. The molecule has 2 N–H and O–H groups in total. The molecule has 0 unspecified atom stereocenters. The molecule has 2 amide bonds. The van der Waals surface area contributed by atoms with Crippen molar-refractivity contribution in [1.29, 1.82) is 0 Å². The summed E-state index contributed by atoms with van der Waals surface area (Å²) in [5.41, 5.74) is 2.21. The molecule has 1 atom stereocenters. The van der Waals surface area contributed by atoms with Crippen molar-refractivity contribution < 1.29 is 37.3 Å². The third kappa shape index (κ3) is 11.9. The fraction of sp³-hybridized carbons (Fsp3) is 0.500. The summed E-state index contributed by atoms with van der Waals surface area (Å²) in [4.78, 5) is 26.0. The molecule has 2 aromatic rings. The molecule has 38 heavy (non-hydrogen) atoms. The number of halogens is 3. The minimum atomic E-state index is -4.78. The lowest BCUT2D eigenvalue weighted by Gasteiger charge is -2.23. The van der Waals surface area contributed by atoms with Gasteiger partial charge in [-0.05, 0) is 55.2 Å². The van der Waals surface area contributed by atoms with E-state index in [4.69, 9.17) is 4.74 Å². The monoisotopic (exact) mass is 538 g/mol. The van der Waals surface area contributed by atoms with Crippen LogP contribution in [-0.4, -0.2) is 54.2 Å². The Kier molecular flexibility index (Phi) is 12.9. The molecule has 0 aliphatic carbocycles. The summed E-state index contributed by atoms with van der Waals surface area (Å²) < 4.78 is 46.3. The smallest absolute Gasteiger partial charge is 0.479 e. The maximum absolute atomic E-state index is 13.0. The predicted octanol–water partition coefficient (Wildman–Crippen LogP) is 6.66. The van der Waals surface area contributed by atoms with Gasteiger partial charge in [-0.1, -0.05) is 56.9 Å². The van der Waals surface area contributed by atoms with Crippen LogP contribution in [0.3, 0.4) is 0 Å². The number of rotatable bonds is 16. The summed E-state index contributed by atoms with van der Waals surface area (Å²) >= 11 is 0. The van der Waals surface area contributed by atoms with Gasteiger partial charge in [0.05, 0.1) is 0 Å². The minimum absolute atomic E-state index is 0.266. The van der Waals surface area contributed by atoms with E-state index in [1.807, 2.05) is 24.3 Å². The first-order chi connectivity index (χ1) is 18.1. The van der Waals surface area contributed by atoms with Crippen molar-refractivity contribution >= 4 is 17.7 Å². The van der Waals surface area contributed by atoms with Crippen molar-refractivity contribution in [1.82, 2.24) is 4.90 Å². The Balaban J connectivity index is 1.99. The number of carboxylic acid groups (broad SMARTS) is 1. The van der Waals surface area contributed by atoms with Crippen molar-refractivity contribution in [2.75, 3.05) is 25.0 Å². The molecule has 210 valence electrons. The SMILES string of the molecule is CCCCCCCN(CCc1ccc(C[C@@H](OCC)C(=O)O)cc1)C(=O)Nc1ccc(OC(F)(F)F)cc1. The molecule has 2 aromatic carbocycles. The first-order valence-corrected chi connectivity index (χ1v) is 12.9. The van der Waals surface area contributed by atoms with E-state index < -0.39 is 18.4 Å². The Bertz CT molecular complexity index is 981. The molecule has 0 aliphatic heterocycles. The number of carboxylic acids is 1. The van der Waals surface area contributed by atoms with Gasteiger partial charge in [0.15, 0.2) is 6.10 Å². The molecule has 0 heterocycles. The highest BCUT2D eigenvalue weighted by molar-refractivity contribution is 5.89. The average molecular weight is 539 g/mol. The zero-order valence-electron chi connectivity index (χ0n) is 21.9. The average Bonchev–Trinajstić information content (AvgIpc) is 2.86. The number of aliphatic carboxylic acids is 1. The highest BCUT2D eigenvalue weighted by Crippen LogP contribution is 2.24. The summed E-state index contributed by atoms with van der Waals surface area (Å²) in [5.74, 6) is -1.36. The number of carbonyl (C=O) groups is 2. The molecular weight excluding hydrogens is 501 g/mol. The van der Waals surface area contributed by atoms with Gasteiger partial charge >= 0.3 is 18.4 Å². The third-order valence-electron chi connectivity index (χ3n) is 5.92. The van der Waals surface area contributed by atoms with Crippen LogP contribution in [0.4, 0.5) is 23.7 Å². The maximum Gasteiger partial charge on any atom is 0.573 e. The quantitative estimate of drug-likeness (QED) is 0.233. The zero-order chi connectivity index (χ0) is 28.0. The number of unbranched alkanes of at least 4 members (excludes halogenated alkanes) is 4. The lowest BCUT2D eigenvalue weighted by atomic mass is 10.0. The van der Waals surface area contributed by atoms with Gasteiger partial charge in [-0.3, -0.25) is 0 Å². The van der Waals surface area contributed by atoms with E-state index >= 15 is 0 Å². The van der Waals surface area contributed by atoms with E-state index in [9.17, 15) is 27.9 Å². The van der Waals surface area contributed by atoms with E-state index in [0.717, 1.165) is 55.4 Å². The highest BCUT2D eigenvalue weighted by atomic mass is 19.4. The summed E-state index contributed by atoms with van der Waals surface area (Å²) in [7, 11) is 0. The number of urea groups is 1. The second-order valence-corrected chi connectivity index (χ2v) is 8.96. The van der Waals surface area contributed by atoms with Crippen LogP contribution in [0.15, 0.2) is 48.5 Å². The van der Waals surface area contributed by atoms with Gasteiger partial charge < -0.3 is 24.8 Å². The van der Waals surface area contributed by atoms with Crippen LogP contribution in [-0.2, 0) is 22.4 Å². The van der Waals surface area contributed by atoms with E-state index in [1.54, 1.807) is 11.8 Å². The molecule has 0 bridgehead atoms. The topological polar surface area (TPSA) is 88.1 Å². The Morgan fingerprint density at radius 3 is 2.13 bits per heavy atom. The Hall–Kier alpha value is -3.27. The standard InChI is InChI=1S/C28H37F3N2O5/c1-3-5-6-7-8-18-33(27(36)32-23-13-15-24(16-14-23)38-28(29,30)31)19-17-21-9-11-22(12-10-21)20-25(26(34)35)37-4-2/h9-16,25H,3-8,17-20H2,1-2H3,(H,32,36)(H,34,35)/t25-/m1/s1. The molecule has 0 aliphatic rings. The van der Waals surface area contributed by atoms with Gasteiger partial charge in [0.2, 0.25) is 0 Å². The van der Waals surface area contributed by atoms with Crippen LogP contribution >= 0.6 is 0 Å². The summed E-state index contributed by atoms with van der Waals surface area (Å²) in [5, 5.41) is 12.0. The fourth-order valence-corrected chi connectivity index (χ4v) is 3.90. The van der Waals surface area contributed by atoms with Gasteiger partial charge in [0, 0.05) is 31.8 Å². The second-order valence-electron chi connectivity index (χ2n) is 8.96. The number of hydrogen-bond acceptors (Lipinski definition) is 4. The number of anilines is 1. The van der Waals surface area contributed by atoms with Gasteiger partial charge in [0.1, 0.15) is 5.75 Å². The molecule has 0 radical (unpaired) electrons. The van der Waals surface area contributed by atoms with Crippen molar-refractivity contribution in [2.24, 2.45) is 0 Å².